The molecule has 2 aliphatic rings. The molecule has 1 atom stereocenters. The highest BCUT2D eigenvalue weighted by molar-refractivity contribution is 7.14. The van der Waals surface area contributed by atoms with E-state index < -0.39 is 0 Å². The summed E-state index contributed by atoms with van der Waals surface area (Å²) in [5, 5.41) is 0. The van der Waals surface area contributed by atoms with Gasteiger partial charge < -0.3 is 10.6 Å². The first-order valence-corrected chi connectivity index (χ1v) is 8.70. The predicted molar refractivity (Wildman–Crippen MR) is 90.5 cm³/mol. The number of rotatable bonds is 2. The lowest BCUT2D eigenvalue weighted by molar-refractivity contribution is 0.0792. The SMILES string of the molecule is Cl.NCC1CCN(C(=O)c2cc3c(s2)CCCCCC3)C1. The number of nitrogens with two attached hydrogens (primary N) is 1. The summed E-state index contributed by atoms with van der Waals surface area (Å²) in [5.74, 6) is 0.734. The minimum Gasteiger partial charge on any atom is -0.338 e. The number of aryl methyl sites for hydroxylation is 2. The van der Waals surface area contributed by atoms with Gasteiger partial charge in [-0.05, 0) is 56.2 Å². The fourth-order valence-corrected chi connectivity index (χ4v) is 4.54. The van der Waals surface area contributed by atoms with Crippen LogP contribution in [-0.2, 0) is 12.8 Å². The minimum atomic E-state index is 0. The predicted octanol–water partition coefficient (Wildman–Crippen LogP) is 3.25. The molecule has 0 radical (unpaired) electrons. The van der Waals surface area contributed by atoms with Gasteiger partial charge in [-0.1, -0.05) is 12.8 Å². The summed E-state index contributed by atoms with van der Waals surface area (Å²) in [4.78, 5) is 17.0. The summed E-state index contributed by atoms with van der Waals surface area (Å²) in [7, 11) is 0. The Hall–Kier alpha value is -0.580. The fourth-order valence-electron chi connectivity index (χ4n) is 3.31. The van der Waals surface area contributed by atoms with Crippen molar-refractivity contribution in [3.8, 4) is 0 Å². The van der Waals surface area contributed by atoms with Crippen LogP contribution in [0.15, 0.2) is 6.07 Å². The van der Waals surface area contributed by atoms with Gasteiger partial charge in [0.15, 0.2) is 0 Å². The first-order chi connectivity index (χ1) is 9.78. The normalized spacial score (nSPS) is 22.1. The molecule has 2 heterocycles. The third-order valence-corrected chi connectivity index (χ3v) is 5.84. The maximum absolute atomic E-state index is 12.6. The highest BCUT2D eigenvalue weighted by Gasteiger charge is 2.27. The summed E-state index contributed by atoms with van der Waals surface area (Å²) in [6, 6.07) is 2.17. The van der Waals surface area contributed by atoms with Crippen LogP contribution in [0.1, 0.15) is 52.2 Å². The van der Waals surface area contributed by atoms with E-state index in [1.54, 1.807) is 11.3 Å². The van der Waals surface area contributed by atoms with E-state index in [0.717, 1.165) is 30.8 Å². The van der Waals surface area contributed by atoms with Gasteiger partial charge in [-0.15, -0.1) is 23.7 Å². The molecule has 1 aliphatic heterocycles. The van der Waals surface area contributed by atoms with Crippen molar-refractivity contribution in [2.75, 3.05) is 19.6 Å². The Labute approximate surface area is 137 Å². The van der Waals surface area contributed by atoms with Crippen LogP contribution in [-0.4, -0.2) is 30.4 Å². The van der Waals surface area contributed by atoms with Crippen molar-refractivity contribution in [2.45, 2.75) is 44.9 Å². The van der Waals surface area contributed by atoms with Gasteiger partial charge in [0.2, 0.25) is 0 Å². The Morgan fingerprint density at radius 3 is 2.76 bits per heavy atom. The lowest BCUT2D eigenvalue weighted by Gasteiger charge is -2.14. The monoisotopic (exact) mass is 328 g/mol. The summed E-state index contributed by atoms with van der Waals surface area (Å²) in [6.45, 7) is 2.42. The molecule has 1 fully saturated rings. The van der Waals surface area contributed by atoms with E-state index in [1.807, 2.05) is 4.90 Å². The van der Waals surface area contributed by atoms with Crippen molar-refractivity contribution in [2.24, 2.45) is 11.7 Å². The average molecular weight is 329 g/mol. The Morgan fingerprint density at radius 1 is 1.29 bits per heavy atom. The van der Waals surface area contributed by atoms with Crippen molar-refractivity contribution in [1.82, 2.24) is 4.90 Å². The Bertz CT molecular complexity index is 463. The smallest absolute Gasteiger partial charge is 0.263 e. The number of nitrogens with zero attached hydrogens (tertiary/aromatic N) is 1. The van der Waals surface area contributed by atoms with Gasteiger partial charge in [-0.3, -0.25) is 4.79 Å². The Kier molecular flexibility index (Phi) is 6.08. The number of amides is 1. The van der Waals surface area contributed by atoms with Gasteiger partial charge in [0.25, 0.3) is 5.91 Å². The molecule has 5 heteroatoms. The summed E-state index contributed by atoms with van der Waals surface area (Å²) in [5.41, 5.74) is 7.15. The summed E-state index contributed by atoms with van der Waals surface area (Å²) in [6.07, 6.45) is 8.61. The van der Waals surface area contributed by atoms with E-state index in [1.165, 1.54) is 42.5 Å². The van der Waals surface area contributed by atoms with Crippen LogP contribution in [0.2, 0.25) is 0 Å². The second-order valence-corrected chi connectivity index (χ2v) is 7.25. The van der Waals surface area contributed by atoms with Gasteiger partial charge in [-0.25, -0.2) is 0 Å². The molecule has 3 rings (SSSR count). The molecular formula is C16H25ClN2OS. The minimum absolute atomic E-state index is 0. The van der Waals surface area contributed by atoms with Crippen LogP contribution < -0.4 is 5.73 Å². The van der Waals surface area contributed by atoms with Crippen LogP contribution in [0, 0.1) is 5.92 Å². The molecule has 1 unspecified atom stereocenters. The fraction of sp³-hybridized carbons (Fsp3) is 0.688. The maximum Gasteiger partial charge on any atom is 0.263 e. The Morgan fingerprint density at radius 2 is 2.05 bits per heavy atom. The molecule has 0 spiro atoms. The average Bonchev–Trinajstić information content (AvgIpc) is 3.05. The van der Waals surface area contributed by atoms with Crippen molar-refractivity contribution in [1.29, 1.82) is 0 Å². The maximum atomic E-state index is 12.6. The highest BCUT2D eigenvalue weighted by Crippen LogP contribution is 2.30. The topological polar surface area (TPSA) is 46.3 Å². The molecule has 1 saturated heterocycles. The van der Waals surface area contributed by atoms with Crippen molar-refractivity contribution < 1.29 is 4.79 Å². The molecule has 1 amide bonds. The highest BCUT2D eigenvalue weighted by atomic mass is 35.5. The zero-order chi connectivity index (χ0) is 13.9. The molecular weight excluding hydrogens is 304 g/mol. The molecule has 0 bridgehead atoms. The number of likely N-dealkylation sites (tertiary alicyclic amines) is 1. The number of hydrogen-bond donors (Lipinski definition) is 1. The first-order valence-electron chi connectivity index (χ1n) is 7.89. The van der Waals surface area contributed by atoms with E-state index in [-0.39, 0.29) is 18.3 Å². The molecule has 0 aromatic carbocycles. The van der Waals surface area contributed by atoms with Gasteiger partial charge in [-0.2, -0.15) is 0 Å². The van der Waals surface area contributed by atoms with E-state index >= 15 is 0 Å². The number of fused-ring (bicyclic) bond motifs is 1. The van der Waals surface area contributed by atoms with E-state index in [4.69, 9.17) is 5.73 Å². The van der Waals surface area contributed by atoms with Gasteiger partial charge >= 0.3 is 0 Å². The number of hydrogen-bond acceptors (Lipinski definition) is 3. The second-order valence-electron chi connectivity index (χ2n) is 6.11. The Balaban J connectivity index is 0.00000161. The number of halogens is 1. The molecule has 0 saturated carbocycles. The first kappa shape index (κ1) is 16.8. The van der Waals surface area contributed by atoms with E-state index in [2.05, 4.69) is 6.07 Å². The van der Waals surface area contributed by atoms with Crippen molar-refractivity contribution >= 4 is 29.7 Å². The van der Waals surface area contributed by atoms with E-state index in [0.29, 0.717) is 12.5 Å². The molecule has 2 N–H and O–H groups in total. The zero-order valence-corrected chi connectivity index (χ0v) is 14.1. The number of thiophene rings is 1. The standard InChI is InChI=1S/C16H24N2OS.ClH/c17-10-12-7-8-18(11-12)16(19)15-9-13-5-3-1-2-4-6-14(13)20-15;/h9,12H,1-8,10-11,17H2;1H. The van der Waals surface area contributed by atoms with Crippen LogP contribution in [0.5, 0.6) is 0 Å². The largest absolute Gasteiger partial charge is 0.338 e. The quantitative estimate of drug-likeness (QED) is 0.905. The zero-order valence-electron chi connectivity index (χ0n) is 12.5. The molecule has 21 heavy (non-hydrogen) atoms. The third-order valence-electron chi connectivity index (χ3n) is 4.61. The lowest BCUT2D eigenvalue weighted by atomic mass is 10.00. The van der Waals surface area contributed by atoms with Crippen LogP contribution in [0.4, 0.5) is 0 Å². The molecule has 1 aromatic heterocycles. The third kappa shape index (κ3) is 3.79. The molecule has 1 aliphatic carbocycles. The van der Waals surface area contributed by atoms with E-state index in [9.17, 15) is 4.79 Å². The van der Waals surface area contributed by atoms with Crippen LogP contribution in [0.3, 0.4) is 0 Å². The second kappa shape index (κ2) is 7.61. The molecule has 3 nitrogen and oxygen atoms in total. The molecule has 118 valence electrons. The van der Waals surface area contributed by atoms with Crippen molar-refractivity contribution in [3.63, 3.8) is 0 Å². The summed E-state index contributed by atoms with van der Waals surface area (Å²) >= 11 is 1.74. The van der Waals surface area contributed by atoms with Gasteiger partial charge in [0.05, 0.1) is 4.88 Å². The van der Waals surface area contributed by atoms with Gasteiger partial charge in [0, 0.05) is 18.0 Å². The van der Waals surface area contributed by atoms with Crippen LogP contribution in [0.25, 0.3) is 0 Å². The number of carbonyl (C=O) groups excluding carboxylic acids is 1. The van der Waals surface area contributed by atoms with Gasteiger partial charge in [0.1, 0.15) is 0 Å². The van der Waals surface area contributed by atoms with Crippen LogP contribution >= 0.6 is 23.7 Å². The van der Waals surface area contributed by atoms with Crippen molar-refractivity contribution in [3.05, 3.63) is 21.4 Å². The molecule has 1 aromatic rings. The lowest BCUT2D eigenvalue weighted by Crippen LogP contribution is -2.29. The number of carbonyl (C=O) groups is 1. The summed E-state index contributed by atoms with van der Waals surface area (Å²) < 4.78 is 0.